The van der Waals surface area contributed by atoms with Crippen molar-refractivity contribution in [3.05, 3.63) is 59.6 Å². The molecule has 0 aliphatic carbocycles. The third-order valence-electron chi connectivity index (χ3n) is 4.11. The number of esters is 3. The molecule has 0 atom stereocenters. The SMILES string of the molecule is COC(=O)C1=C(C(=O)OC)N(c2cc(C(=O)OC)c3[nH]ncc3c2)C=CC=C1. The van der Waals surface area contributed by atoms with Crippen molar-refractivity contribution in [2.75, 3.05) is 26.2 Å². The number of rotatable bonds is 4. The second-order valence-electron chi connectivity index (χ2n) is 5.64. The van der Waals surface area contributed by atoms with Crippen LogP contribution in [0.3, 0.4) is 0 Å². The molecule has 1 aromatic heterocycles. The van der Waals surface area contributed by atoms with Crippen LogP contribution < -0.4 is 4.90 Å². The third kappa shape index (κ3) is 3.25. The number of anilines is 1. The number of hydrogen-bond acceptors (Lipinski definition) is 8. The number of methoxy groups -OCH3 is 3. The van der Waals surface area contributed by atoms with Crippen LogP contribution in [0.2, 0.25) is 0 Å². The standard InChI is InChI=1S/C19H17N3O6/c1-26-17(23)13-6-4-5-7-22(16(13)19(25)28-3)12-8-11-10-20-21-15(11)14(9-12)18(24)27-2/h4-10H,1-3H3,(H,20,21). The molecule has 0 saturated heterocycles. The molecule has 1 aromatic carbocycles. The summed E-state index contributed by atoms with van der Waals surface area (Å²) in [4.78, 5) is 38.4. The first-order valence-electron chi connectivity index (χ1n) is 8.12. The number of benzene rings is 1. The zero-order valence-electron chi connectivity index (χ0n) is 15.4. The summed E-state index contributed by atoms with van der Waals surface area (Å²) in [6, 6.07) is 3.23. The van der Waals surface area contributed by atoms with E-state index < -0.39 is 17.9 Å². The molecule has 0 amide bonds. The summed E-state index contributed by atoms with van der Waals surface area (Å²) in [5.41, 5.74) is 1.09. The molecule has 2 aromatic rings. The first kappa shape index (κ1) is 18.9. The van der Waals surface area contributed by atoms with Gasteiger partial charge in [0.25, 0.3) is 0 Å². The smallest absolute Gasteiger partial charge is 0.355 e. The lowest BCUT2D eigenvalue weighted by Crippen LogP contribution is -2.27. The lowest BCUT2D eigenvalue weighted by Gasteiger charge is -2.23. The number of nitrogens with one attached hydrogen (secondary N) is 1. The van der Waals surface area contributed by atoms with Gasteiger partial charge in [-0.1, -0.05) is 6.08 Å². The minimum absolute atomic E-state index is 0.00580. The summed E-state index contributed by atoms with van der Waals surface area (Å²) in [5.74, 6) is -2.03. The van der Waals surface area contributed by atoms with Gasteiger partial charge in [0.1, 0.15) is 5.70 Å². The van der Waals surface area contributed by atoms with E-state index in [0.29, 0.717) is 16.6 Å². The van der Waals surface area contributed by atoms with Crippen molar-refractivity contribution in [1.82, 2.24) is 10.2 Å². The number of hydrogen-bond donors (Lipinski definition) is 1. The van der Waals surface area contributed by atoms with Gasteiger partial charge in [0, 0.05) is 17.3 Å². The van der Waals surface area contributed by atoms with Crippen LogP contribution in [0.15, 0.2) is 54.0 Å². The Morgan fingerprint density at radius 2 is 1.68 bits per heavy atom. The molecule has 9 nitrogen and oxygen atoms in total. The highest BCUT2D eigenvalue weighted by molar-refractivity contribution is 6.08. The van der Waals surface area contributed by atoms with Crippen LogP contribution in [0.25, 0.3) is 10.9 Å². The average molecular weight is 383 g/mol. The fourth-order valence-electron chi connectivity index (χ4n) is 2.82. The van der Waals surface area contributed by atoms with Crippen molar-refractivity contribution in [2.24, 2.45) is 0 Å². The maximum Gasteiger partial charge on any atom is 0.355 e. The molecule has 0 spiro atoms. The lowest BCUT2D eigenvalue weighted by molar-refractivity contribution is -0.139. The molecular weight excluding hydrogens is 366 g/mol. The number of ether oxygens (including phenoxy) is 3. The predicted molar refractivity (Wildman–Crippen MR) is 99.3 cm³/mol. The highest BCUT2D eigenvalue weighted by Gasteiger charge is 2.28. The second-order valence-corrected chi connectivity index (χ2v) is 5.64. The molecule has 28 heavy (non-hydrogen) atoms. The zero-order valence-corrected chi connectivity index (χ0v) is 15.4. The molecule has 2 heterocycles. The van der Waals surface area contributed by atoms with Crippen LogP contribution in [-0.4, -0.2) is 49.4 Å². The minimum Gasteiger partial charge on any atom is -0.465 e. The van der Waals surface area contributed by atoms with E-state index in [1.807, 2.05) is 0 Å². The Kier molecular flexibility index (Phi) is 5.25. The molecule has 1 N–H and O–H groups in total. The highest BCUT2D eigenvalue weighted by Crippen LogP contribution is 2.31. The normalized spacial score (nSPS) is 13.5. The maximum absolute atomic E-state index is 12.5. The summed E-state index contributed by atoms with van der Waals surface area (Å²) in [5, 5.41) is 7.32. The molecule has 0 bridgehead atoms. The quantitative estimate of drug-likeness (QED) is 0.629. The molecule has 0 fully saturated rings. The Morgan fingerprint density at radius 1 is 0.964 bits per heavy atom. The van der Waals surface area contributed by atoms with Gasteiger partial charge in [-0.15, -0.1) is 0 Å². The fraction of sp³-hybridized carbons (Fsp3) is 0.158. The van der Waals surface area contributed by atoms with E-state index in [-0.39, 0.29) is 16.8 Å². The van der Waals surface area contributed by atoms with Crippen molar-refractivity contribution in [3.63, 3.8) is 0 Å². The molecule has 9 heteroatoms. The Labute approximate surface area is 159 Å². The van der Waals surface area contributed by atoms with E-state index in [1.165, 1.54) is 44.6 Å². The zero-order chi connectivity index (χ0) is 20.3. The van der Waals surface area contributed by atoms with Crippen molar-refractivity contribution < 1.29 is 28.6 Å². The summed E-state index contributed by atoms with van der Waals surface area (Å²) < 4.78 is 14.5. The molecule has 0 radical (unpaired) electrons. The monoisotopic (exact) mass is 383 g/mol. The van der Waals surface area contributed by atoms with E-state index in [9.17, 15) is 14.4 Å². The van der Waals surface area contributed by atoms with Crippen LogP contribution >= 0.6 is 0 Å². The van der Waals surface area contributed by atoms with Gasteiger partial charge in [-0.25, -0.2) is 14.4 Å². The predicted octanol–water partition coefficient (Wildman–Crippen LogP) is 1.84. The van der Waals surface area contributed by atoms with Crippen LogP contribution in [0.4, 0.5) is 5.69 Å². The van der Waals surface area contributed by atoms with E-state index in [4.69, 9.17) is 14.2 Å². The molecule has 0 unspecified atom stereocenters. The van der Waals surface area contributed by atoms with Gasteiger partial charge in [0.05, 0.1) is 44.2 Å². The molecule has 1 aliphatic heterocycles. The molecule has 3 rings (SSSR count). The van der Waals surface area contributed by atoms with E-state index in [2.05, 4.69) is 10.2 Å². The second kappa shape index (κ2) is 7.78. The van der Waals surface area contributed by atoms with Crippen LogP contribution in [0.5, 0.6) is 0 Å². The van der Waals surface area contributed by atoms with Gasteiger partial charge in [-0.05, 0) is 24.3 Å². The van der Waals surface area contributed by atoms with Gasteiger partial charge >= 0.3 is 17.9 Å². The Balaban J connectivity index is 2.27. The average Bonchev–Trinajstić information content (AvgIpc) is 3.09. The van der Waals surface area contributed by atoms with Crippen molar-refractivity contribution in [2.45, 2.75) is 0 Å². The maximum atomic E-state index is 12.5. The van der Waals surface area contributed by atoms with Gasteiger partial charge in [0.15, 0.2) is 0 Å². The summed E-state index contributed by atoms with van der Waals surface area (Å²) >= 11 is 0. The number of carbonyl (C=O) groups excluding carboxylic acids is 3. The Hall–Kier alpha value is -3.88. The van der Waals surface area contributed by atoms with E-state index in [0.717, 1.165) is 0 Å². The largest absolute Gasteiger partial charge is 0.465 e. The van der Waals surface area contributed by atoms with Gasteiger partial charge < -0.3 is 19.1 Å². The number of fused-ring (bicyclic) bond motifs is 1. The summed E-state index contributed by atoms with van der Waals surface area (Å²) in [7, 11) is 3.69. The van der Waals surface area contributed by atoms with Crippen molar-refractivity contribution >= 4 is 34.5 Å². The minimum atomic E-state index is -0.747. The van der Waals surface area contributed by atoms with Gasteiger partial charge in [-0.2, -0.15) is 5.10 Å². The van der Waals surface area contributed by atoms with Crippen LogP contribution in [0, 0.1) is 0 Å². The number of aromatic amines is 1. The van der Waals surface area contributed by atoms with Crippen LogP contribution in [-0.2, 0) is 23.8 Å². The Morgan fingerprint density at radius 3 is 2.36 bits per heavy atom. The topological polar surface area (TPSA) is 111 Å². The molecule has 1 aliphatic rings. The number of H-pyrrole nitrogens is 1. The Bertz CT molecular complexity index is 1050. The molecule has 0 saturated carbocycles. The van der Waals surface area contributed by atoms with E-state index in [1.54, 1.807) is 24.4 Å². The highest BCUT2D eigenvalue weighted by atomic mass is 16.5. The number of aromatic nitrogens is 2. The number of nitrogens with zero attached hydrogens (tertiary/aromatic N) is 2. The number of allylic oxidation sites excluding steroid dienone is 2. The lowest BCUT2D eigenvalue weighted by atomic mass is 10.1. The first-order chi connectivity index (χ1) is 13.5. The number of carbonyl (C=O) groups is 3. The summed E-state index contributed by atoms with van der Waals surface area (Å²) in [6.07, 6.45) is 7.78. The van der Waals surface area contributed by atoms with Crippen molar-refractivity contribution in [1.29, 1.82) is 0 Å². The molecule has 144 valence electrons. The summed E-state index contributed by atoms with van der Waals surface area (Å²) in [6.45, 7) is 0. The molecular formula is C19H17N3O6. The van der Waals surface area contributed by atoms with Crippen LogP contribution in [0.1, 0.15) is 10.4 Å². The van der Waals surface area contributed by atoms with Gasteiger partial charge in [0.2, 0.25) is 0 Å². The van der Waals surface area contributed by atoms with Gasteiger partial charge in [-0.3, -0.25) is 5.10 Å². The first-order valence-corrected chi connectivity index (χ1v) is 8.12. The van der Waals surface area contributed by atoms with E-state index >= 15 is 0 Å². The van der Waals surface area contributed by atoms with Crippen molar-refractivity contribution in [3.8, 4) is 0 Å². The fourth-order valence-corrected chi connectivity index (χ4v) is 2.82. The third-order valence-corrected chi connectivity index (χ3v) is 4.11.